The number of nitrogens with zero attached hydrogens (tertiary/aromatic N) is 3. The summed E-state index contributed by atoms with van der Waals surface area (Å²) in [5, 5.41) is 13.1. The van der Waals surface area contributed by atoms with Crippen molar-refractivity contribution in [2.45, 2.75) is 50.0 Å². The van der Waals surface area contributed by atoms with E-state index in [2.05, 4.69) is 28.4 Å². The number of rotatable bonds is 7. The Bertz CT molecular complexity index is 1510. The van der Waals surface area contributed by atoms with Crippen molar-refractivity contribution >= 4 is 32.8 Å². The van der Waals surface area contributed by atoms with Crippen LogP contribution in [-0.4, -0.2) is 49.4 Å². The van der Waals surface area contributed by atoms with E-state index in [0.717, 1.165) is 47.5 Å². The first-order chi connectivity index (χ1) is 19.3. The average molecular weight is 577 g/mol. The van der Waals surface area contributed by atoms with Crippen LogP contribution < -0.4 is 15.0 Å². The number of sulfone groups is 1. The number of benzene rings is 2. The lowest BCUT2D eigenvalue weighted by molar-refractivity contribution is -0.127. The van der Waals surface area contributed by atoms with Gasteiger partial charge in [0.15, 0.2) is 9.84 Å². The summed E-state index contributed by atoms with van der Waals surface area (Å²) < 4.78 is 29.9. The lowest BCUT2D eigenvalue weighted by atomic mass is 9.76. The molecule has 6 rings (SSSR count). The maximum Gasteiger partial charge on any atom is 0.279 e. The number of nitriles is 1. The molecular formula is C30H32N4O4S2. The highest BCUT2D eigenvalue weighted by Gasteiger charge is 2.47. The number of anilines is 1. The van der Waals surface area contributed by atoms with Gasteiger partial charge in [0.1, 0.15) is 11.3 Å². The first-order valence-corrected chi connectivity index (χ1v) is 16.5. The molecule has 2 heterocycles. The summed E-state index contributed by atoms with van der Waals surface area (Å²) in [4.78, 5) is 21.5. The predicted octanol–water partition coefficient (Wildman–Crippen LogP) is 5.28. The van der Waals surface area contributed by atoms with Crippen LogP contribution in [0.3, 0.4) is 0 Å². The zero-order valence-corrected chi connectivity index (χ0v) is 23.8. The van der Waals surface area contributed by atoms with Gasteiger partial charge in [0.2, 0.25) is 5.91 Å². The van der Waals surface area contributed by atoms with Crippen LogP contribution in [0.25, 0.3) is 10.4 Å². The second kappa shape index (κ2) is 10.9. The van der Waals surface area contributed by atoms with E-state index in [1.54, 1.807) is 0 Å². The number of nitrogens with one attached hydrogen (secondary N) is 1. The van der Waals surface area contributed by atoms with Crippen molar-refractivity contribution in [3.05, 3.63) is 60.3 Å². The van der Waals surface area contributed by atoms with Crippen LogP contribution in [0, 0.1) is 17.2 Å². The number of amides is 1. The molecule has 2 aromatic carbocycles. The van der Waals surface area contributed by atoms with E-state index < -0.39 is 15.4 Å². The fourth-order valence-corrected chi connectivity index (χ4v) is 7.90. The summed E-state index contributed by atoms with van der Waals surface area (Å²) in [6.07, 6.45) is 5.01. The zero-order valence-electron chi connectivity index (χ0n) is 22.2. The molecule has 2 atom stereocenters. The minimum Gasteiger partial charge on any atom is -0.431 e. The fourth-order valence-electron chi connectivity index (χ4n) is 5.69. The molecule has 3 aromatic rings. The summed E-state index contributed by atoms with van der Waals surface area (Å²) in [5.41, 5.74) is 2.15. The van der Waals surface area contributed by atoms with Crippen LogP contribution in [0.4, 0.5) is 5.69 Å². The first kappa shape index (κ1) is 26.8. The SMILES string of the molecule is N#CC1(NC(=O)C2CCCCC2c2nc(Oc3ccccc3)sc2-c2ccc(N3CCS(=O)(=O)CC3)cc2)CC1. The largest absolute Gasteiger partial charge is 0.431 e. The second-order valence-electron chi connectivity index (χ2n) is 11.0. The van der Waals surface area contributed by atoms with Crippen molar-refractivity contribution in [1.82, 2.24) is 10.3 Å². The standard InChI is InChI=1S/C30H32N4O4S2/c31-20-30(14-15-30)33-28(35)25-9-5-4-8-24(25)26-27(39-29(32-26)38-23-6-2-1-3-7-23)21-10-12-22(13-11-21)34-16-18-40(36,37)19-17-34/h1-3,6-7,10-13,24-25H,4-5,8-9,14-19H2,(H,33,35). The van der Waals surface area contributed by atoms with Gasteiger partial charge in [-0.3, -0.25) is 4.79 Å². The number of carbonyl (C=O) groups excluding carboxylic acids is 1. The Hall–Kier alpha value is -3.42. The molecule has 1 amide bonds. The van der Waals surface area contributed by atoms with Crippen molar-refractivity contribution in [2.75, 3.05) is 29.5 Å². The minimum atomic E-state index is -2.95. The topological polar surface area (TPSA) is 112 Å². The molecule has 208 valence electrons. The van der Waals surface area contributed by atoms with Gasteiger partial charge < -0.3 is 15.0 Å². The second-order valence-corrected chi connectivity index (χ2v) is 14.2. The molecular weight excluding hydrogens is 544 g/mol. The monoisotopic (exact) mass is 576 g/mol. The minimum absolute atomic E-state index is 0.0522. The zero-order chi connectivity index (χ0) is 27.7. The van der Waals surface area contributed by atoms with Crippen molar-refractivity contribution in [3.63, 3.8) is 0 Å². The number of ether oxygens (including phenoxy) is 1. The van der Waals surface area contributed by atoms with Gasteiger partial charge >= 0.3 is 0 Å². The first-order valence-electron chi connectivity index (χ1n) is 13.9. The Balaban J connectivity index is 1.31. The number of para-hydroxylation sites is 1. The van der Waals surface area contributed by atoms with E-state index >= 15 is 0 Å². The molecule has 1 aliphatic heterocycles. The van der Waals surface area contributed by atoms with Crippen LogP contribution in [0.15, 0.2) is 54.6 Å². The van der Waals surface area contributed by atoms with Gasteiger partial charge in [-0.2, -0.15) is 5.26 Å². The molecule has 2 aliphatic carbocycles. The quantitative estimate of drug-likeness (QED) is 0.407. The summed E-state index contributed by atoms with van der Waals surface area (Å²) in [7, 11) is -2.95. The Morgan fingerprint density at radius 3 is 2.42 bits per heavy atom. The molecule has 1 N–H and O–H groups in total. The van der Waals surface area contributed by atoms with Gasteiger partial charge in [0, 0.05) is 30.6 Å². The van der Waals surface area contributed by atoms with E-state index in [-0.39, 0.29) is 29.2 Å². The van der Waals surface area contributed by atoms with Gasteiger partial charge in [-0.25, -0.2) is 13.4 Å². The maximum absolute atomic E-state index is 13.4. The Morgan fingerprint density at radius 1 is 1.05 bits per heavy atom. The maximum atomic E-state index is 13.4. The van der Waals surface area contributed by atoms with Gasteiger partial charge in [0.25, 0.3) is 5.19 Å². The van der Waals surface area contributed by atoms with Gasteiger partial charge in [-0.1, -0.05) is 54.5 Å². The number of thiazole rings is 1. The summed E-state index contributed by atoms with van der Waals surface area (Å²) in [6, 6.07) is 20.0. The van der Waals surface area contributed by atoms with Crippen LogP contribution in [0.5, 0.6) is 10.9 Å². The lowest BCUT2D eigenvalue weighted by Crippen LogP contribution is -2.42. The van der Waals surface area contributed by atoms with Crippen LogP contribution in [0.1, 0.15) is 50.1 Å². The molecule has 0 bridgehead atoms. The number of hydrogen-bond acceptors (Lipinski definition) is 8. The van der Waals surface area contributed by atoms with E-state index in [1.165, 1.54) is 11.3 Å². The molecule has 3 aliphatic rings. The van der Waals surface area contributed by atoms with E-state index in [1.807, 2.05) is 42.5 Å². The molecule has 2 saturated carbocycles. The van der Waals surface area contributed by atoms with E-state index in [4.69, 9.17) is 9.72 Å². The molecule has 40 heavy (non-hydrogen) atoms. The van der Waals surface area contributed by atoms with Crippen LogP contribution in [0.2, 0.25) is 0 Å². The summed E-state index contributed by atoms with van der Waals surface area (Å²) in [6.45, 7) is 0.983. The molecule has 1 saturated heterocycles. The lowest BCUT2D eigenvalue weighted by Gasteiger charge is -2.31. The third kappa shape index (κ3) is 5.72. The van der Waals surface area contributed by atoms with Crippen LogP contribution in [-0.2, 0) is 14.6 Å². The van der Waals surface area contributed by atoms with Gasteiger partial charge in [0.05, 0.1) is 28.1 Å². The Labute approximate surface area is 238 Å². The smallest absolute Gasteiger partial charge is 0.279 e. The number of hydrogen-bond donors (Lipinski definition) is 1. The molecule has 2 unspecified atom stereocenters. The van der Waals surface area contributed by atoms with Crippen molar-refractivity contribution < 1.29 is 17.9 Å². The molecule has 1 aromatic heterocycles. The van der Waals surface area contributed by atoms with Crippen molar-refractivity contribution in [3.8, 4) is 27.5 Å². The molecule has 3 fully saturated rings. The highest BCUT2D eigenvalue weighted by Crippen LogP contribution is 2.47. The fraction of sp³-hybridized carbons (Fsp3) is 0.433. The Morgan fingerprint density at radius 2 is 1.75 bits per heavy atom. The van der Waals surface area contributed by atoms with Crippen LogP contribution >= 0.6 is 11.3 Å². The Kier molecular flexibility index (Phi) is 7.27. The number of aromatic nitrogens is 1. The molecule has 0 spiro atoms. The third-order valence-electron chi connectivity index (χ3n) is 8.20. The average Bonchev–Trinajstić information content (AvgIpc) is 3.63. The van der Waals surface area contributed by atoms with E-state index in [0.29, 0.717) is 36.9 Å². The molecule has 0 radical (unpaired) electrons. The van der Waals surface area contributed by atoms with Crippen molar-refractivity contribution in [2.24, 2.45) is 5.92 Å². The normalized spacial score (nSPS) is 23.1. The van der Waals surface area contributed by atoms with E-state index in [9.17, 15) is 18.5 Å². The van der Waals surface area contributed by atoms with Gasteiger partial charge in [-0.05, 0) is 55.5 Å². The summed E-state index contributed by atoms with van der Waals surface area (Å²) >= 11 is 1.48. The predicted molar refractivity (Wildman–Crippen MR) is 155 cm³/mol. The summed E-state index contributed by atoms with van der Waals surface area (Å²) in [5.74, 6) is 0.670. The van der Waals surface area contributed by atoms with Gasteiger partial charge in [-0.15, -0.1) is 0 Å². The third-order valence-corrected chi connectivity index (χ3v) is 10.8. The molecule has 10 heteroatoms. The molecule has 8 nitrogen and oxygen atoms in total. The highest BCUT2D eigenvalue weighted by atomic mass is 32.2. The van der Waals surface area contributed by atoms with Crippen molar-refractivity contribution in [1.29, 1.82) is 5.26 Å². The highest BCUT2D eigenvalue weighted by molar-refractivity contribution is 7.91. The number of carbonyl (C=O) groups is 1.